The van der Waals surface area contributed by atoms with Gasteiger partial charge in [0, 0.05) is 25.6 Å². The summed E-state index contributed by atoms with van der Waals surface area (Å²) in [4.78, 5) is 0. The minimum absolute atomic E-state index is 0.519. The Morgan fingerprint density at radius 3 is 2.21 bits per heavy atom. The quantitative estimate of drug-likeness (QED) is 0.755. The molecule has 2 rings (SSSR count). The monoisotopic (exact) mass is 358 g/mol. The topological polar surface area (TPSA) is 20.2 Å². The second-order valence-electron chi connectivity index (χ2n) is 4.53. The Kier molecular flexibility index (Phi) is 4.57. The summed E-state index contributed by atoms with van der Waals surface area (Å²) in [6.45, 7) is 3.98. The minimum Gasteiger partial charge on any atom is -0.384 e. The van der Waals surface area contributed by atoms with E-state index < -0.39 is 6.10 Å². The van der Waals surface area contributed by atoms with Gasteiger partial charge in [-0.25, -0.2) is 0 Å². The zero-order valence-electron chi connectivity index (χ0n) is 10.5. The number of aryl methyl sites for hydroxylation is 2. The Bertz CT molecular complexity index is 626. The van der Waals surface area contributed by atoms with Crippen molar-refractivity contribution in [3.05, 3.63) is 67.1 Å². The van der Waals surface area contributed by atoms with E-state index >= 15 is 0 Å². The van der Waals surface area contributed by atoms with Crippen LogP contribution in [0.2, 0.25) is 10.0 Å². The average Bonchev–Trinajstić information content (AvgIpc) is 2.36. The van der Waals surface area contributed by atoms with Crippen LogP contribution in [0.4, 0.5) is 0 Å². The number of rotatable bonds is 2. The molecule has 1 nitrogen and oxygen atoms in total. The molecule has 4 heteroatoms. The lowest BCUT2D eigenvalue weighted by atomic mass is 9.98. The molecule has 1 N–H and O–H groups in total. The Labute approximate surface area is 131 Å². The van der Waals surface area contributed by atoms with E-state index in [2.05, 4.69) is 15.9 Å². The summed E-state index contributed by atoms with van der Waals surface area (Å²) < 4.78 is 0.867. The standard InChI is InChI=1S/C15H13BrCl2O/c1-8-5-11(14(18)6-9(8)2)15(19)12-7-10(16)3-4-13(12)17/h3-7,15,19H,1-2H3. The van der Waals surface area contributed by atoms with Gasteiger partial charge in [-0.3, -0.25) is 0 Å². The van der Waals surface area contributed by atoms with Gasteiger partial charge in [0.1, 0.15) is 6.10 Å². The predicted molar refractivity (Wildman–Crippen MR) is 84.1 cm³/mol. The van der Waals surface area contributed by atoms with Crippen LogP contribution in [0.25, 0.3) is 0 Å². The molecule has 0 saturated carbocycles. The van der Waals surface area contributed by atoms with Crippen LogP contribution in [0.1, 0.15) is 28.4 Å². The number of aliphatic hydroxyl groups is 1. The molecule has 19 heavy (non-hydrogen) atoms. The maximum absolute atomic E-state index is 10.5. The molecule has 0 aliphatic heterocycles. The summed E-state index contributed by atoms with van der Waals surface area (Å²) in [6, 6.07) is 9.15. The first-order valence-corrected chi connectivity index (χ1v) is 7.34. The molecule has 2 aromatic carbocycles. The molecule has 0 aromatic heterocycles. The molecule has 0 amide bonds. The van der Waals surface area contributed by atoms with Crippen LogP contribution >= 0.6 is 39.1 Å². The van der Waals surface area contributed by atoms with Crippen molar-refractivity contribution in [1.29, 1.82) is 0 Å². The zero-order chi connectivity index (χ0) is 14.2. The van der Waals surface area contributed by atoms with Crippen LogP contribution in [0.3, 0.4) is 0 Å². The van der Waals surface area contributed by atoms with Crippen molar-refractivity contribution < 1.29 is 5.11 Å². The molecule has 2 aromatic rings. The number of aliphatic hydroxyl groups excluding tert-OH is 1. The van der Waals surface area contributed by atoms with Gasteiger partial charge in [-0.05, 0) is 49.2 Å². The molecule has 0 fully saturated rings. The summed E-state index contributed by atoms with van der Waals surface area (Å²) in [6.07, 6.45) is -0.836. The highest BCUT2D eigenvalue weighted by molar-refractivity contribution is 9.10. The van der Waals surface area contributed by atoms with Gasteiger partial charge in [0.05, 0.1) is 0 Å². The van der Waals surface area contributed by atoms with Crippen LogP contribution in [0.15, 0.2) is 34.8 Å². The molecule has 0 radical (unpaired) electrons. The highest BCUT2D eigenvalue weighted by Gasteiger charge is 2.18. The van der Waals surface area contributed by atoms with Crippen molar-refractivity contribution in [2.75, 3.05) is 0 Å². The molecule has 0 spiro atoms. The van der Waals surface area contributed by atoms with E-state index in [0.29, 0.717) is 21.2 Å². The number of benzene rings is 2. The molecule has 0 aliphatic carbocycles. The first kappa shape index (κ1) is 14.9. The third kappa shape index (κ3) is 3.14. The summed E-state index contributed by atoms with van der Waals surface area (Å²) in [5, 5.41) is 11.6. The van der Waals surface area contributed by atoms with Gasteiger partial charge >= 0.3 is 0 Å². The minimum atomic E-state index is -0.836. The lowest BCUT2D eigenvalue weighted by molar-refractivity contribution is 0.220. The van der Waals surface area contributed by atoms with Gasteiger partial charge in [0.2, 0.25) is 0 Å². The second kappa shape index (κ2) is 5.84. The fraction of sp³-hybridized carbons (Fsp3) is 0.200. The Morgan fingerprint density at radius 2 is 1.53 bits per heavy atom. The van der Waals surface area contributed by atoms with Crippen LogP contribution in [0.5, 0.6) is 0 Å². The molecular weight excluding hydrogens is 347 g/mol. The van der Waals surface area contributed by atoms with Gasteiger partial charge in [-0.2, -0.15) is 0 Å². The van der Waals surface area contributed by atoms with E-state index in [1.807, 2.05) is 32.0 Å². The third-order valence-electron chi connectivity index (χ3n) is 3.16. The summed E-state index contributed by atoms with van der Waals surface area (Å²) in [7, 11) is 0. The molecular formula is C15H13BrCl2O. The lowest BCUT2D eigenvalue weighted by Crippen LogP contribution is -2.03. The summed E-state index contributed by atoms with van der Waals surface area (Å²) in [5.74, 6) is 0. The summed E-state index contributed by atoms with van der Waals surface area (Å²) in [5.41, 5.74) is 3.50. The van der Waals surface area contributed by atoms with Crippen molar-refractivity contribution in [1.82, 2.24) is 0 Å². The van der Waals surface area contributed by atoms with Gasteiger partial charge < -0.3 is 5.11 Å². The third-order valence-corrected chi connectivity index (χ3v) is 4.33. The number of hydrogen-bond donors (Lipinski definition) is 1. The number of hydrogen-bond acceptors (Lipinski definition) is 1. The fourth-order valence-electron chi connectivity index (χ4n) is 1.90. The van der Waals surface area contributed by atoms with Crippen LogP contribution < -0.4 is 0 Å². The Balaban J connectivity index is 2.52. The van der Waals surface area contributed by atoms with Gasteiger partial charge in [0.25, 0.3) is 0 Å². The normalized spacial score (nSPS) is 12.5. The average molecular weight is 360 g/mol. The van der Waals surface area contributed by atoms with Crippen molar-refractivity contribution >= 4 is 39.1 Å². The van der Waals surface area contributed by atoms with Crippen molar-refractivity contribution in [2.45, 2.75) is 20.0 Å². The molecule has 0 heterocycles. The predicted octanol–water partition coefficient (Wildman–Crippen LogP) is 5.45. The maximum Gasteiger partial charge on any atom is 0.107 e. The van der Waals surface area contributed by atoms with E-state index in [0.717, 1.165) is 15.6 Å². The smallest absolute Gasteiger partial charge is 0.107 e. The Hall–Kier alpha value is -0.540. The van der Waals surface area contributed by atoms with E-state index in [1.165, 1.54) is 0 Å². The molecule has 1 unspecified atom stereocenters. The first-order valence-electron chi connectivity index (χ1n) is 5.80. The molecule has 0 saturated heterocycles. The van der Waals surface area contributed by atoms with Gasteiger partial charge in [-0.15, -0.1) is 0 Å². The van der Waals surface area contributed by atoms with Crippen LogP contribution in [-0.4, -0.2) is 5.11 Å². The largest absolute Gasteiger partial charge is 0.384 e. The molecule has 1 atom stereocenters. The van der Waals surface area contributed by atoms with E-state index in [-0.39, 0.29) is 0 Å². The zero-order valence-corrected chi connectivity index (χ0v) is 13.6. The summed E-state index contributed by atoms with van der Waals surface area (Å²) >= 11 is 15.7. The van der Waals surface area contributed by atoms with Gasteiger partial charge in [0.15, 0.2) is 0 Å². The van der Waals surface area contributed by atoms with E-state index in [1.54, 1.807) is 12.1 Å². The molecule has 0 aliphatic rings. The van der Waals surface area contributed by atoms with E-state index in [4.69, 9.17) is 23.2 Å². The fourth-order valence-corrected chi connectivity index (χ4v) is 2.83. The van der Waals surface area contributed by atoms with Crippen LogP contribution in [0, 0.1) is 13.8 Å². The SMILES string of the molecule is Cc1cc(Cl)c(C(O)c2cc(Br)ccc2Cl)cc1C. The Morgan fingerprint density at radius 1 is 0.947 bits per heavy atom. The van der Waals surface area contributed by atoms with Crippen molar-refractivity contribution in [3.8, 4) is 0 Å². The van der Waals surface area contributed by atoms with Crippen molar-refractivity contribution in [2.24, 2.45) is 0 Å². The van der Waals surface area contributed by atoms with Crippen LogP contribution in [-0.2, 0) is 0 Å². The number of halogens is 3. The highest BCUT2D eigenvalue weighted by Crippen LogP contribution is 2.35. The maximum atomic E-state index is 10.5. The molecule has 100 valence electrons. The highest BCUT2D eigenvalue weighted by atomic mass is 79.9. The van der Waals surface area contributed by atoms with E-state index in [9.17, 15) is 5.11 Å². The van der Waals surface area contributed by atoms with Crippen molar-refractivity contribution in [3.63, 3.8) is 0 Å². The molecule has 0 bridgehead atoms. The first-order chi connectivity index (χ1) is 8.90. The van der Waals surface area contributed by atoms with Gasteiger partial charge in [-0.1, -0.05) is 45.2 Å². The second-order valence-corrected chi connectivity index (χ2v) is 6.26. The lowest BCUT2D eigenvalue weighted by Gasteiger charge is -2.16.